The molecule has 2 N–H and O–H groups in total. The second kappa shape index (κ2) is 5.03. The maximum atomic E-state index is 5.67. The van der Waals surface area contributed by atoms with Crippen molar-refractivity contribution in [2.75, 3.05) is 13.2 Å². The van der Waals surface area contributed by atoms with E-state index in [2.05, 4.69) is 19.1 Å². The highest BCUT2D eigenvalue weighted by atomic mass is 16.7. The number of hydrogen-bond donors (Lipinski definition) is 1. The Labute approximate surface area is 95.8 Å². The van der Waals surface area contributed by atoms with Crippen LogP contribution in [0, 0.1) is 0 Å². The third kappa shape index (κ3) is 2.04. The molecule has 0 aliphatic carbocycles. The summed E-state index contributed by atoms with van der Waals surface area (Å²) in [5.41, 5.74) is 7.99. The van der Waals surface area contributed by atoms with E-state index in [4.69, 9.17) is 10.6 Å². The number of hydrogen-bond acceptors (Lipinski definition) is 2. The second-order valence-electron chi connectivity index (χ2n) is 3.87. The third-order valence-electron chi connectivity index (χ3n) is 2.61. The van der Waals surface area contributed by atoms with Gasteiger partial charge >= 0.3 is 0 Å². The smallest absolute Gasteiger partial charge is 0.114 e. The van der Waals surface area contributed by atoms with E-state index in [1.54, 1.807) is 0 Å². The molecule has 0 saturated carbocycles. The molecule has 1 heterocycles. The molecule has 3 heteroatoms. The number of nitrogens with two attached hydrogens (primary N) is 1. The van der Waals surface area contributed by atoms with Crippen molar-refractivity contribution in [2.24, 2.45) is 5.73 Å². The van der Waals surface area contributed by atoms with Gasteiger partial charge in [-0.3, -0.25) is 0 Å². The third-order valence-corrected chi connectivity index (χ3v) is 2.61. The highest BCUT2D eigenvalue weighted by molar-refractivity contribution is 5.83. The van der Waals surface area contributed by atoms with Crippen molar-refractivity contribution in [3.8, 4) is 0 Å². The number of benzene rings is 1. The molecule has 2 aromatic rings. The number of aromatic nitrogens is 1. The van der Waals surface area contributed by atoms with E-state index in [1.165, 1.54) is 10.9 Å². The molecular weight excluding hydrogens is 200 g/mol. The van der Waals surface area contributed by atoms with Gasteiger partial charge < -0.3 is 10.6 Å². The SMILES string of the molecule is CCCOn1cc(CCN)c2ccccc21. The summed E-state index contributed by atoms with van der Waals surface area (Å²) in [5.74, 6) is 0. The van der Waals surface area contributed by atoms with E-state index in [-0.39, 0.29) is 0 Å². The summed E-state index contributed by atoms with van der Waals surface area (Å²) in [4.78, 5) is 5.67. The lowest BCUT2D eigenvalue weighted by Gasteiger charge is -2.05. The normalized spacial score (nSPS) is 10.9. The van der Waals surface area contributed by atoms with Crippen LogP contribution in [-0.4, -0.2) is 17.9 Å². The predicted octanol–water partition coefficient (Wildman–Crippen LogP) is 1.98. The molecule has 0 unspecified atom stereocenters. The first-order valence-corrected chi connectivity index (χ1v) is 5.79. The summed E-state index contributed by atoms with van der Waals surface area (Å²) in [6, 6.07) is 8.27. The molecule has 0 fully saturated rings. The predicted molar refractivity (Wildman–Crippen MR) is 66.4 cm³/mol. The van der Waals surface area contributed by atoms with E-state index in [0.717, 1.165) is 25.0 Å². The maximum Gasteiger partial charge on any atom is 0.114 e. The molecule has 0 radical (unpaired) electrons. The van der Waals surface area contributed by atoms with Crippen LogP contribution >= 0.6 is 0 Å². The van der Waals surface area contributed by atoms with Crippen molar-refractivity contribution in [3.63, 3.8) is 0 Å². The van der Waals surface area contributed by atoms with Gasteiger partial charge in [0, 0.05) is 11.6 Å². The molecule has 0 spiro atoms. The van der Waals surface area contributed by atoms with Gasteiger partial charge in [-0.25, -0.2) is 0 Å². The van der Waals surface area contributed by atoms with Gasteiger partial charge in [0.1, 0.15) is 6.61 Å². The van der Waals surface area contributed by atoms with Crippen molar-refractivity contribution in [2.45, 2.75) is 19.8 Å². The van der Waals surface area contributed by atoms with Crippen LogP contribution in [0.1, 0.15) is 18.9 Å². The molecule has 0 saturated heterocycles. The van der Waals surface area contributed by atoms with Gasteiger partial charge in [-0.2, -0.15) is 4.73 Å². The molecule has 0 amide bonds. The Morgan fingerprint density at radius 2 is 2.12 bits per heavy atom. The van der Waals surface area contributed by atoms with Crippen LogP contribution in [0.5, 0.6) is 0 Å². The maximum absolute atomic E-state index is 5.67. The van der Waals surface area contributed by atoms with Gasteiger partial charge in [0.15, 0.2) is 0 Å². The van der Waals surface area contributed by atoms with Crippen molar-refractivity contribution < 1.29 is 4.84 Å². The number of nitrogens with zero attached hydrogens (tertiary/aromatic N) is 1. The lowest BCUT2D eigenvalue weighted by molar-refractivity contribution is 0.120. The summed E-state index contributed by atoms with van der Waals surface area (Å²) < 4.78 is 1.86. The number of fused-ring (bicyclic) bond motifs is 1. The molecule has 3 nitrogen and oxygen atoms in total. The van der Waals surface area contributed by atoms with Crippen LogP contribution in [0.2, 0.25) is 0 Å². The topological polar surface area (TPSA) is 40.2 Å². The lowest BCUT2D eigenvalue weighted by Crippen LogP contribution is -2.10. The Hall–Kier alpha value is -1.48. The molecular formula is C13H18N2O. The quantitative estimate of drug-likeness (QED) is 0.833. The van der Waals surface area contributed by atoms with Crippen molar-refractivity contribution in [3.05, 3.63) is 36.0 Å². The van der Waals surface area contributed by atoms with Crippen LogP contribution in [0.15, 0.2) is 30.5 Å². The zero-order valence-electron chi connectivity index (χ0n) is 9.65. The Balaban J connectivity index is 2.40. The van der Waals surface area contributed by atoms with E-state index >= 15 is 0 Å². The van der Waals surface area contributed by atoms with E-state index in [9.17, 15) is 0 Å². The van der Waals surface area contributed by atoms with Gasteiger partial charge in [0.2, 0.25) is 0 Å². The number of rotatable bonds is 5. The highest BCUT2D eigenvalue weighted by Gasteiger charge is 2.07. The minimum absolute atomic E-state index is 0.668. The van der Waals surface area contributed by atoms with Crippen LogP contribution in [-0.2, 0) is 6.42 Å². The van der Waals surface area contributed by atoms with E-state index in [0.29, 0.717) is 6.54 Å². The zero-order valence-corrected chi connectivity index (χ0v) is 9.65. The molecule has 2 rings (SSSR count). The highest BCUT2D eigenvalue weighted by Crippen LogP contribution is 2.20. The van der Waals surface area contributed by atoms with Gasteiger partial charge in [-0.15, -0.1) is 0 Å². The van der Waals surface area contributed by atoms with Crippen LogP contribution in [0.3, 0.4) is 0 Å². The Bertz CT molecular complexity index is 462. The van der Waals surface area contributed by atoms with Crippen LogP contribution in [0.4, 0.5) is 0 Å². The van der Waals surface area contributed by atoms with Crippen molar-refractivity contribution in [1.29, 1.82) is 0 Å². The molecule has 16 heavy (non-hydrogen) atoms. The monoisotopic (exact) mass is 218 g/mol. The number of para-hydroxylation sites is 1. The average Bonchev–Trinajstić information content (AvgIpc) is 2.66. The van der Waals surface area contributed by atoms with Gasteiger partial charge in [-0.1, -0.05) is 25.1 Å². The fourth-order valence-corrected chi connectivity index (χ4v) is 1.87. The Kier molecular flexibility index (Phi) is 3.47. The summed E-state index contributed by atoms with van der Waals surface area (Å²) in [5, 5.41) is 1.24. The molecule has 1 aromatic carbocycles. The molecule has 0 aliphatic heterocycles. The summed E-state index contributed by atoms with van der Waals surface area (Å²) in [7, 11) is 0. The average molecular weight is 218 g/mol. The van der Waals surface area contributed by atoms with Gasteiger partial charge in [0.05, 0.1) is 5.52 Å². The lowest BCUT2D eigenvalue weighted by atomic mass is 10.1. The minimum Gasteiger partial charge on any atom is -0.414 e. The second-order valence-corrected chi connectivity index (χ2v) is 3.87. The first-order chi connectivity index (χ1) is 7.86. The van der Waals surface area contributed by atoms with Crippen molar-refractivity contribution >= 4 is 10.9 Å². The summed E-state index contributed by atoms with van der Waals surface area (Å²) in [6.45, 7) is 3.51. The minimum atomic E-state index is 0.668. The summed E-state index contributed by atoms with van der Waals surface area (Å²) >= 11 is 0. The van der Waals surface area contributed by atoms with E-state index < -0.39 is 0 Å². The Morgan fingerprint density at radius 3 is 2.88 bits per heavy atom. The largest absolute Gasteiger partial charge is 0.414 e. The van der Waals surface area contributed by atoms with Crippen LogP contribution < -0.4 is 10.6 Å². The fraction of sp³-hybridized carbons (Fsp3) is 0.385. The molecule has 86 valence electrons. The van der Waals surface area contributed by atoms with Crippen molar-refractivity contribution in [1.82, 2.24) is 4.73 Å². The van der Waals surface area contributed by atoms with Crippen LogP contribution in [0.25, 0.3) is 10.9 Å². The molecule has 0 aliphatic rings. The molecule has 0 atom stereocenters. The molecule has 1 aromatic heterocycles. The van der Waals surface area contributed by atoms with Gasteiger partial charge in [-0.05, 0) is 31.0 Å². The zero-order chi connectivity index (χ0) is 11.4. The first-order valence-electron chi connectivity index (χ1n) is 5.79. The van der Waals surface area contributed by atoms with E-state index in [1.807, 2.05) is 23.1 Å². The standard InChI is InChI=1S/C13H18N2O/c1-2-9-16-15-10-11(7-8-14)12-5-3-4-6-13(12)15/h3-6,10H,2,7-9,14H2,1H3. The Morgan fingerprint density at radius 1 is 1.31 bits per heavy atom. The summed E-state index contributed by atoms with van der Waals surface area (Å²) in [6.07, 6.45) is 3.95. The van der Waals surface area contributed by atoms with Gasteiger partial charge in [0.25, 0.3) is 0 Å². The molecule has 0 bridgehead atoms. The fourth-order valence-electron chi connectivity index (χ4n) is 1.87. The first kappa shape index (κ1) is 11.0.